The molecule has 1 N–H and O–H groups in total. The number of esters is 1. The molecular formula is C13H17FN2O3. The second-order valence-electron chi connectivity index (χ2n) is 5.43. The van der Waals surface area contributed by atoms with Crippen LogP contribution in [0.1, 0.15) is 19.8 Å². The van der Waals surface area contributed by atoms with Crippen LogP contribution >= 0.6 is 0 Å². The van der Waals surface area contributed by atoms with Crippen LogP contribution in [0.3, 0.4) is 0 Å². The predicted molar refractivity (Wildman–Crippen MR) is 64.8 cm³/mol. The molecule has 0 radical (unpaired) electrons. The Morgan fingerprint density at radius 2 is 2.21 bits per heavy atom. The fraction of sp³-hybridized carbons (Fsp3) is 0.692. The topological polar surface area (TPSA) is 58.6 Å². The van der Waals surface area contributed by atoms with Gasteiger partial charge in [0, 0.05) is 13.1 Å². The van der Waals surface area contributed by atoms with E-state index < -0.39 is 11.6 Å². The number of piperidine rings is 1. The Balaban J connectivity index is 1.88. The van der Waals surface area contributed by atoms with Crippen molar-refractivity contribution < 1.29 is 18.7 Å². The van der Waals surface area contributed by atoms with Crippen LogP contribution < -0.4 is 5.32 Å². The van der Waals surface area contributed by atoms with Gasteiger partial charge < -0.3 is 15.0 Å². The average molecular weight is 268 g/mol. The Labute approximate surface area is 110 Å². The predicted octanol–water partition coefficient (Wildman–Crippen LogP) is 0.367. The maximum atomic E-state index is 14.2. The fourth-order valence-corrected chi connectivity index (χ4v) is 3.21. The lowest BCUT2D eigenvalue weighted by atomic mass is 9.76. The van der Waals surface area contributed by atoms with Gasteiger partial charge in [0.1, 0.15) is 12.8 Å². The summed E-state index contributed by atoms with van der Waals surface area (Å²) in [5, 5.41) is 2.97. The molecule has 0 bridgehead atoms. The van der Waals surface area contributed by atoms with Gasteiger partial charge in [0.25, 0.3) is 0 Å². The maximum Gasteiger partial charge on any atom is 0.336 e. The van der Waals surface area contributed by atoms with Gasteiger partial charge >= 0.3 is 5.97 Å². The summed E-state index contributed by atoms with van der Waals surface area (Å²) in [6.45, 7) is 3.14. The van der Waals surface area contributed by atoms with E-state index in [0.29, 0.717) is 37.2 Å². The number of carbonyl (C=O) groups is 2. The molecule has 19 heavy (non-hydrogen) atoms. The number of carbonyl (C=O) groups excluding carboxylic acids is 2. The summed E-state index contributed by atoms with van der Waals surface area (Å²) in [5.41, 5.74) is 0.178. The zero-order chi connectivity index (χ0) is 13.6. The van der Waals surface area contributed by atoms with E-state index in [2.05, 4.69) is 5.32 Å². The minimum Gasteiger partial charge on any atom is -0.456 e. The quantitative estimate of drug-likeness (QED) is 0.698. The molecule has 1 spiro atoms. The van der Waals surface area contributed by atoms with E-state index >= 15 is 0 Å². The summed E-state index contributed by atoms with van der Waals surface area (Å²) in [4.78, 5) is 25.5. The maximum absolute atomic E-state index is 14.2. The molecule has 1 amide bonds. The van der Waals surface area contributed by atoms with Crippen LogP contribution in [-0.4, -0.2) is 49.2 Å². The number of alkyl halides is 1. The number of likely N-dealkylation sites (tertiary alicyclic amines) is 1. The molecule has 104 valence electrons. The lowest BCUT2D eigenvalue weighted by molar-refractivity contribution is -0.140. The third-order valence-electron chi connectivity index (χ3n) is 4.53. The van der Waals surface area contributed by atoms with Gasteiger partial charge in [0.15, 0.2) is 0 Å². The summed E-state index contributed by atoms with van der Waals surface area (Å²) >= 11 is 0. The van der Waals surface area contributed by atoms with Gasteiger partial charge in [-0.2, -0.15) is 0 Å². The first-order chi connectivity index (χ1) is 9.06. The Morgan fingerprint density at radius 1 is 1.42 bits per heavy atom. The molecule has 3 rings (SSSR count). The molecule has 0 aromatic rings. The van der Waals surface area contributed by atoms with E-state index in [4.69, 9.17) is 4.74 Å². The molecule has 2 unspecified atom stereocenters. The molecule has 0 aromatic heterocycles. The van der Waals surface area contributed by atoms with Crippen molar-refractivity contribution in [3.05, 3.63) is 11.3 Å². The van der Waals surface area contributed by atoms with Crippen LogP contribution in [-0.2, 0) is 14.3 Å². The van der Waals surface area contributed by atoms with E-state index in [9.17, 15) is 14.0 Å². The largest absolute Gasteiger partial charge is 0.456 e. The third kappa shape index (κ3) is 1.69. The summed E-state index contributed by atoms with van der Waals surface area (Å²) in [6.07, 6.45) is -0.123. The zero-order valence-electron chi connectivity index (χ0n) is 10.9. The molecule has 2 atom stereocenters. The number of nitrogens with one attached hydrogen (secondary N) is 1. The first kappa shape index (κ1) is 12.6. The molecule has 2 saturated heterocycles. The van der Waals surface area contributed by atoms with Gasteiger partial charge in [-0.15, -0.1) is 0 Å². The average Bonchev–Trinajstić information content (AvgIpc) is 2.88. The minimum atomic E-state index is -1.15. The number of amides is 1. The number of rotatable bonds is 1. The van der Waals surface area contributed by atoms with Crippen molar-refractivity contribution in [2.45, 2.75) is 25.9 Å². The van der Waals surface area contributed by atoms with Crippen molar-refractivity contribution >= 4 is 11.9 Å². The second-order valence-corrected chi connectivity index (χ2v) is 5.43. The Bertz CT molecular complexity index is 477. The molecule has 0 aromatic carbocycles. The van der Waals surface area contributed by atoms with Crippen molar-refractivity contribution in [1.29, 1.82) is 0 Å². The van der Waals surface area contributed by atoms with Crippen LogP contribution in [0, 0.1) is 5.41 Å². The molecule has 2 fully saturated rings. The molecule has 3 aliphatic rings. The Hall–Kier alpha value is -1.43. The van der Waals surface area contributed by atoms with E-state index in [1.54, 1.807) is 11.8 Å². The summed E-state index contributed by atoms with van der Waals surface area (Å²) in [7, 11) is 0. The highest BCUT2D eigenvalue weighted by Gasteiger charge is 2.54. The number of ether oxygens (including phenoxy) is 1. The van der Waals surface area contributed by atoms with Crippen molar-refractivity contribution in [2.75, 3.05) is 26.2 Å². The van der Waals surface area contributed by atoms with Crippen molar-refractivity contribution in [3.8, 4) is 0 Å². The second kappa shape index (κ2) is 4.30. The molecule has 3 heterocycles. The monoisotopic (exact) mass is 268 g/mol. The normalized spacial score (nSPS) is 35.5. The van der Waals surface area contributed by atoms with Crippen molar-refractivity contribution in [1.82, 2.24) is 10.2 Å². The zero-order valence-corrected chi connectivity index (χ0v) is 10.9. The SMILES string of the molecule is CC1=C(N2CCC3(CCNCC3F)C2=O)COC1=O. The van der Waals surface area contributed by atoms with Gasteiger partial charge in [0.2, 0.25) is 5.91 Å². The van der Waals surface area contributed by atoms with Gasteiger partial charge in [-0.1, -0.05) is 0 Å². The number of hydrogen-bond acceptors (Lipinski definition) is 4. The van der Waals surface area contributed by atoms with Crippen LogP contribution in [0.4, 0.5) is 4.39 Å². The van der Waals surface area contributed by atoms with Crippen LogP contribution in [0.2, 0.25) is 0 Å². The Morgan fingerprint density at radius 3 is 2.84 bits per heavy atom. The lowest BCUT2D eigenvalue weighted by Gasteiger charge is -2.35. The van der Waals surface area contributed by atoms with Gasteiger partial charge in [-0.3, -0.25) is 4.79 Å². The summed E-state index contributed by atoms with van der Waals surface area (Å²) in [6, 6.07) is 0. The van der Waals surface area contributed by atoms with Gasteiger partial charge in [0.05, 0.1) is 16.7 Å². The minimum absolute atomic E-state index is 0.127. The summed E-state index contributed by atoms with van der Waals surface area (Å²) < 4.78 is 19.1. The van der Waals surface area contributed by atoms with Crippen LogP contribution in [0.25, 0.3) is 0 Å². The number of hydrogen-bond donors (Lipinski definition) is 1. The van der Waals surface area contributed by atoms with E-state index in [1.807, 2.05) is 0 Å². The fourth-order valence-electron chi connectivity index (χ4n) is 3.21. The molecule has 6 heteroatoms. The molecule has 5 nitrogen and oxygen atoms in total. The van der Waals surface area contributed by atoms with Gasteiger partial charge in [-0.05, 0) is 26.3 Å². The molecule has 0 aliphatic carbocycles. The van der Waals surface area contributed by atoms with E-state index in [1.165, 1.54) is 0 Å². The molecule has 0 saturated carbocycles. The lowest BCUT2D eigenvalue weighted by Crippen LogP contribution is -2.51. The van der Waals surface area contributed by atoms with Crippen molar-refractivity contribution in [3.63, 3.8) is 0 Å². The summed E-state index contributed by atoms with van der Waals surface area (Å²) in [5.74, 6) is -0.569. The van der Waals surface area contributed by atoms with Crippen LogP contribution in [0.15, 0.2) is 11.3 Å². The van der Waals surface area contributed by atoms with Gasteiger partial charge in [-0.25, -0.2) is 9.18 Å². The highest BCUT2D eigenvalue weighted by atomic mass is 19.1. The highest BCUT2D eigenvalue weighted by Crippen LogP contribution is 2.43. The van der Waals surface area contributed by atoms with E-state index in [-0.39, 0.29) is 25.0 Å². The number of cyclic esters (lactones) is 1. The highest BCUT2D eigenvalue weighted by molar-refractivity contribution is 5.94. The molecule has 3 aliphatic heterocycles. The third-order valence-corrected chi connectivity index (χ3v) is 4.53. The number of nitrogens with zero attached hydrogens (tertiary/aromatic N) is 1. The van der Waals surface area contributed by atoms with Crippen molar-refractivity contribution in [2.24, 2.45) is 5.41 Å². The van der Waals surface area contributed by atoms with Crippen LogP contribution in [0.5, 0.6) is 0 Å². The molecular weight excluding hydrogens is 251 g/mol. The first-order valence-electron chi connectivity index (χ1n) is 6.60. The van der Waals surface area contributed by atoms with E-state index in [0.717, 1.165) is 0 Å². The number of halogens is 1. The standard InChI is InChI=1S/C13H17FN2O3/c1-8-9(7-19-11(8)17)16-5-3-13(12(16)18)2-4-15-6-10(13)14/h10,15H,2-7H2,1H3. The Kier molecular flexibility index (Phi) is 2.85. The smallest absolute Gasteiger partial charge is 0.336 e. The first-order valence-corrected chi connectivity index (χ1v) is 6.60.